The van der Waals surface area contributed by atoms with E-state index in [4.69, 9.17) is 9.47 Å². The van der Waals surface area contributed by atoms with Crippen molar-refractivity contribution in [2.24, 2.45) is 0 Å². The van der Waals surface area contributed by atoms with Gasteiger partial charge in [0, 0.05) is 31.5 Å². The molecule has 1 spiro atoms. The molecule has 2 saturated heterocycles. The van der Waals surface area contributed by atoms with Gasteiger partial charge in [-0.15, -0.1) is 0 Å². The summed E-state index contributed by atoms with van der Waals surface area (Å²) in [5.74, 6) is 0. The predicted octanol–water partition coefficient (Wildman–Crippen LogP) is 2.83. The molecule has 2 heterocycles. The summed E-state index contributed by atoms with van der Waals surface area (Å²) in [4.78, 5) is 0. The molecule has 0 amide bonds. The number of anilines is 1. The van der Waals surface area contributed by atoms with Gasteiger partial charge in [0.2, 0.25) is 0 Å². The Morgan fingerprint density at radius 1 is 1.06 bits per heavy atom. The van der Waals surface area contributed by atoms with Crippen LogP contribution in [0.3, 0.4) is 0 Å². The third-order valence-electron chi connectivity index (χ3n) is 4.04. The molecular weight excluding hydrogens is 226 g/mol. The van der Waals surface area contributed by atoms with Crippen LogP contribution in [0.5, 0.6) is 0 Å². The third kappa shape index (κ3) is 2.68. The first-order valence-corrected chi connectivity index (χ1v) is 6.90. The molecular formula is C15H21NO2. The largest absolute Gasteiger partial charge is 0.382 e. The highest BCUT2D eigenvalue weighted by Gasteiger charge is 2.38. The van der Waals surface area contributed by atoms with Gasteiger partial charge in [0.25, 0.3) is 0 Å². The number of rotatable bonds is 2. The van der Waals surface area contributed by atoms with E-state index < -0.39 is 0 Å². The van der Waals surface area contributed by atoms with E-state index in [9.17, 15) is 0 Å². The van der Waals surface area contributed by atoms with Crippen LogP contribution in [0.4, 0.5) is 5.69 Å². The number of para-hydroxylation sites is 1. The lowest BCUT2D eigenvalue weighted by molar-refractivity contribution is -0.135. The summed E-state index contributed by atoms with van der Waals surface area (Å²) < 4.78 is 11.5. The van der Waals surface area contributed by atoms with Crippen molar-refractivity contribution in [3.63, 3.8) is 0 Å². The smallest absolute Gasteiger partial charge is 0.0745 e. The molecule has 0 radical (unpaired) electrons. The average Bonchev–Trinajstić information content (AvgIpc) is 2.41. The quantitative estimate of drug-likeness (QED) is 0.871. The van der Waals surface area contributed by atoms with E-state index in [0.29, 0.717) is 6.04 Å². The van der Waals surface area contributed by atoms with Crippen molar-refractivity contribution in [1.82, 2.24) is 0 Å². The molecule has 0 bridgehead atoms. The number of nitrogens with one attached hydrogen (secondary N) is 1. The Balaban J connectivity index is 1.63. The molecule has 3 nitrogen and oxygen atoms in total. The highest BCUT2D eigenvalue weighted by atomic mass is 16.5. The highest BCUT2D eigenvalue weighted by Crippen LogP contribution is 2.35. The van der Waals surface area contributed by atoms with Crippen molar-refractivity contribution >= 4 is 5.69 Å². The molecule has 1 aromatic carbocycles. The van der Waals surface area contributed by atoms with Crippen molar-refractivity contribution in [3.8, 4) is 0 Å². The minimum atomic E-state index is 0.0724. The van der Waals surface area contributed by atoms with Gasteiger partial charge in [-0.1, -0.05) is 18.2 Å². The fraction of sp³-hybridized carbons (Fsp3) is 0.600. The van der Waals surface area contributed by atoms with Crippen molar-refractivity contribution in [2.45, 2.75) is 37.3 Å². The number of hydrogen-bond acceptors (Lipinski definition) is 3. The standard InChI is InChI=1S/C15H21NO2/c1-2-4-13(5-3-1)16-14-6-9-18-15(12-14)7-10-17-11-8-15/h1-5,14,16H,6-12H2. The molecule has 2 aliphatic heterocycles. The van der Waals surface area contributed by atoms with Crippen LogP contribution in [0, 0.1) is 0 Å². The first-order valence-electron chi connectivity index (χ1n) is 6.90. The maximum absolute atomic E-state index is 6.05. The van der Waals surface area contributed by atoms with Gasteiger partial charge in [0.15, 0.2) is 0 Å². The zero-order chi connectivity index (χ0) is 12.3. The zero-order valence-corrected chi connectivity index (χ0v) is 10.7. The van der Waals surface area contributed by atoms with Gasteiger partial charge < -0.3 is 14.8 Å². The highest BCUT2D eigenvalue weighted by molar-refractivity contribution is 5.43. The zero-order valence-electron chi connectivity index (χ0n) is 10.7. The topological polar surface area (TPSA) is 30.5 Å². The molecule has 98 valence electrons. The van der Waals surface area contributed by atoms with Crippen LogP contribution >= 0.6 is 0 Å². The van der Waals surface area contributed by atoms with Gasteiger partial charge in [-0.2, -0.15) is 0 Å². The van der Waals surface area contributed by atoms with Gasteiger partial charge in [-0.3, -0.25) is 0 Å². The second-order valence-corrected chi connectivity index (χ2v) is 5.34. The summed E-state index contributed by atoms with van der Waals surface area (Å²) in [6.07, 6.45) is 4.28. The number of ether oxygens (including phenoxy) is 2. The molecule has 0 aliphatic carbocycles. The Morgan fingerprint density at radius 3 is 2.61 bits per heavy atom. The summed E-state index contributed by atoms with van der Waals surface area (Å²) in [5.41, 5.74) is 1.29. The number of benzene rings is 1. The van der Waals surface area contributed by atoms with Crippen LogP contribution in [0.1, 0.15) is 25.7 Å². The van der Waals surface area contributed by atoms with Crippen LogP contribution in [-0.2, 0) is 9.47 Å². The van der Waals surface area contributed by atoms with Crippen LogP contribution < -0.4 is 5.32 Å². The van der Waals surface area contributed by atoms with Crippen LogP contribution in [-0.4, -0.2) is 31.5 Å². The van der Waals surface area contributed by atoms with Gasteiger partial charge in [0.1, 0.15) is 0 Å². The van der Waals surface area contributed by atoms with E-state index >= 15 is 0 Å². The van der Waals surface area contributed by atoms with Gasteiger partial charge in [-0.05, 0) is 37.8 Å². The molecule has 2 aliphatic rings. The lowest BCUT2D eigenvalue weighted by atomic mass is 9.84. The summed E-state index contributed by atoms with van der Waals surface area (Å²) in [6, 6.07) is 11.0. The normalized spacial score (nSPS) is 27.0. The Bertz CT molecular complexity index is 368. The first kappa shape index (κ1) is 12.0. The second kappa shape index (κ2) is 5.29. The van der Waals surface area contributed by atoms with E-state index in [-0.39, 0.29) is 5.60 Å². The number of hydrogen-bond donors (Lipinski definition) is 1. The SMILES string of the molecule is c1ccc(NC2CCOC3(CCOCC3)C2)cc1. The minimum Gasteiger partial charge on any atom is -0.382 e. The van der Waals surface area contributed by atoms with E-state index in [0.717, 1.165) is 45.5 Å². The molecule has 1 aromatic rings. The Labute approximate surface area is 108 Å². The first-order chi connectivity index (χ1) is 8.86. The van der Waals surface area contributed by atoms with E-state index in [2.05, 4.69) is 35.6 Å². The molecule has 1 atom stereocenters. The monoisotopic (exact) mass is 247 g/mol. The molecule has 2 fully saturated rings. The Kier molecular flexibility index (Phi) is 3.52. The van der Waals surface area contributed by atoms with E-state index in [1.807, 2.05) is 0 Å². The maximum atomic E-state index is 6.05. The second-order valence-electron chi connectivity index (χ2n) is 5.34. The summed E-state index contributed by atoms with van der Waals surface area (Å²) in [7, 11) is 0. The van der Waals surface area contributed by atoms with E-state index in [1.165, 1.54) is 5.69 Å². The average molecular weight is 247 g/mol. The lowest BCUT2D eigenvalue weighted by Gasteiger charge is -2.43. The minimum absolute atomic E-state index is 0.0724. The van der Waals surface area contributed by atoms with Crippen molar-refractivity contribution in [1.29, 1.82) is 0 Å². The van der Waals surface area contributed by atoms with Crippen LogP contribution in [0.2, 0.25) is 0 Å². The van der Waals surface area contributed by atoms with Crippen molar-refractivity contribution in [3.05, 3.63) is 30.3 Å². The van der Waals surface area contributed by atoms with Crippen LogP contribution in [0.25, 0.3) is 0 Å². The molecule has 0 aromatic heterocycles. The molecule has 3 rings (SSSR count). The van der Waals surface area contributed by atoms with Crippen molar-refractivity contribution < 1.29 is 9.47 Å². The molecule has 0 saturated carbocycles. The predicted molar refractivity (Wildman–Crippen MR) is 71.8 cm³/mol. The Hall–Kier alpha value is -1.06. The van der Waals surface area contributed by atoms with E-state index in [1.54, 1.807) is 0 Å². The summed E-state index contributed by atoms with van der Waals surface area (Å²) >= 11 is 0. The molecule has 1 N–H and O–H groups in total. The third-order valence-corrected chi connectivity index (χ3v) is 4.04. The van der Waals surface area contributed by atoms with Gasteiger partial charge >= 0.3 is 0 Å². The van der Waals surface area contributed by atoms with Gasteiger partial charge in [-0.25, -0.2) is 0 Å². The van der Waals surface area contributed by atoms with Gasteiger partial charge in [0.05, 0.1) is 5.60 Å². The maximum Gasteiger partial charge on any atom is 0.0745 e. The lowest BCUT2D eigenvalue weighted by Crippen LogP contribution is -2.47. The van der Waals surface area contributed by atoms with Crippen LogP contribution in [0.15, 0.2) is 30.3 Å². The fourth-order valence-corrected chi connectivity index (χ4v) is 3.01. The summed E-state index contributed by atoms with van der Waals surface area (Å²) in [5, 5.41) is 3.63. The fourth-order valence-electron chi connectivity index (χ4n) is 3.01. The molecule has 3 heteroatoms. The molecule has 1 unspecified atom stereocenters. The van der Waals surface area contributed by atoms with Crippen molar-refractivity contribution in [2.75, 3.05) is 25.1 Å². The summed E-state index contributed by atoms with van der Waals surface area (Å²) in [6.45, 7) is 2.56. The Morgan fingerprint density at radius 2 is 1.83 bits per heavy atom. The molecule has 18 heavy (non-hydrogen) atoms.